The molecule has 1 amide bonds. The van der Waals surface area contributed by atoms with Crippen molar-refractivity contribution in [3.63, 3.8) is 0 Å². The zero-order valence-corrected chi connectivity index (χ0v) is 22.6. The molecule has 0 saturated carbocycles. The molecule has 1 unspecified atom stereocenters. The number of anilines is 1. The minimum Gasteiger partial charge on any atom is -0.503 e. The van der Waals surface area contributed by atoms with E-state index in [1.807, 2.05) is 30.3 Å². The summed E-state index contributed by atoms with van der Waals surface area (Å²) in [5.74, 6) is -1.18. The Bertz CT molecular complexity index is 1760. The number of aromatic nitrogens is 1. The summed E-state index contributed by atoms with van der Waals surface area (Å²) < 4.78 is 17.7. The molecule has 3 heterocycles. The van der Waals surface area contributed by atoms with Gasteiger partial charge in [-0.3, -0.25) is 14.5 Å². The second-order valence-corrected chi connectivity index (χ2v) is 10.4. The summed E-state index contributed by atoms with van der Waals surface area (Å²) in [7, 11) is 1.51. The Balaban J connectivity index is 1.44. The lowest BCUT2D eigenvalue weighted by Gasteiger charge is -2.25. The maximum atomic E-state index is 13.5. The van der Waals surface area contributed by atoms with Crippen molar-refractivity contribution >= 4 is 50.0 Å². The van der Waals surface area contributed by atoms with Crippen LogP contribution >= 0.6 is 22.9 Å². The number of carbonyl (C=O) groups is 2. The normalized spacial score (nSPS) is 15.2. The van der Waals surface area contributed by atoms with Crippen LogP contribution in [-0.4, -0.2) is 28.9 Å². The van der Waals surface area contributed by atoms with E-state index in [0.717, 1.165) is 10.3 Å². The fraction of sp³-hybridized carbons (Fsp3) is 0.100. The number of aliphatic hydroxyl groups is 1. The Hall–Kier alpha value is -4.60. The molecule has 0 radical (unpaired) electrons. The summed E-state index contributed by atoms with van der Waals surface area (Å²) in [6.07, 6.45) is 1.35. The molecule has 1 aliphatic rings. The molecule has 0 spiro atoms. The van der Waals surface area contributed by atoms with Crippen molar-refractivity contribution in [1.29, 1.82) is 0 Å². The van der Waals surface area contributed by atoms with Crippen LogP contribution in [0.3, 0.4) is 0 Å². The summed E-state index contributed by atoms with van der Waals surface area (Å²) in [5, 5.41) is 11.8. The van der Waals surface area contributed by atoms with Crippen LogP contribution in [0.1, 0.15) is 27.7 Å². The fourth-order valence-electron chi connectivity index (χ4n) is 4.59. The number of hydrogen-bond donors (Lipinski definition) is 1. The van der Waals surface area contributed by atoms with Gasteiger partial charge >= 0.3 is 0 Å². The number of methoxy groups -OCH3 is 1. The first-order valence-corrected chi connectivity index (χ1v) is 13.4. The van der Waals surface area contributed by atoms with Crippen LogP contribution in [0.5, 0.6) is 11.5 Å². The number of furan rings is 1. The van der Waals surface area contributed by atoms with Gasteiger partial charge < -0.3 is 19.0 Å². The molecule has 40 heavy (non-hydrogen) atoms. The lowest BCUT2D eigenvalue weighted by Crippen LogP contribution is -2.31. The molecule has 5 aromatic rings. The number of ether oxygens (including phenoxy) is 2. The average molecular weight is 573 g/mol. The molecular weight excluding hydrogens is 552 g/mol. The maximum Gasteiger partial charge on any atom is 0.296 e. The Morgan fingerprint density at radius 3 is 2.65 bits per heavy atom. The van der Waals surface area contributed by atoms with Crippen LogP contribution in [0.15, 0.2) is 101 Å². The largest absolute Gasteiger partial charge is 0.503 e. The number of Topliss-reactive ketones (excluding diaryl/α,β-unsaturated/α-hetero) is 1. The van der Waals surface area contributed by atoms with Crippen molar-refractivity contribution in [2.45, 2.75) is 12.6 Å². The molecule has 0 fully saturated rings. The first-order chi connectivity index (χ1) is 19.4. The standard InChI is InChI=1S/C30H21ClN2O6S/c1-37-23-14-18(9-12-21(23)39-16-17-6-3-2-4-7-17)26-25(27(34)22-8-5-13-38-22)28(35)29(36)33(26)30-32-20-11-10-19(31)15-24(20)40-30/h2-15,26,35H,16H2,1H3. The summed E-state index contributed by atoms with van der Waals surface area (Å²) in [4.78, 5) is 33.0. The third kappa shape index (κ3) is 4.59. The van der Waals surface area contributed by atoms with Crippen LogP contribution in [-0.2, 0) is 11.4 Å². The Morgan fingerprint density at radius 1 is 1.07 bits per heavy atom. The fourth-order valence-corrected chi connectivity index (χ4v) is 5.86. The third-order valence-electron chi connectivity index (χ3n) is 6.48. The molecule has 200 valence electrons. The van der Waals surface area contributed by atoms with Crippen molar-refractivity contribution in [2.75, 3.05) is 12.0 Å². The number of nitrogens with zero attached hydrogens (tertiary/aromatic N) is 2. The number of hydrogen-bond acceptors (Lipinski definition) is 8. The van der Waals surface area contributed by atoms with E-state index in [0.29, 0.717) is 39.3 Å². The zero-order valence-electron chi connectivity index (χ0n) is 21.0. The SMILES string of the molecule is COc1cc(C2C(C(=O)c3ccco3)=C(O)C(=O)N2c2nc3ccc(Cl)cc3s2)ccc1OCc1ccccc1. The van der Waals surface area contributed by atoms with Gasteiger partial charge in [0.15, 0.2) is 28.1 Å². The van der Waals surface area contributed by atoms with Gasteiger partial charge in [-0.15, -0.1) is 0 Å². The summed E-state index contributed by atoms with van der Waals surface area (Å²) >= 11 is 7.39. The highest BCUT2D eigenvalue weighted by Gasteiger charge is 2.46. The topological polar surface area (TPSA) is 102 Å². The number of fused-ring (bicyclic) bond motifs is 1. The van der Waals surface area contributed by atoms with Crippen molar-refractivity contribution in [1.82, 2.24) is 4.98 Å². The molecule has 10 heteroatoms. The van der Waals surface area contributed by atoms with E-state index < -0.39 is 23.5 Å². The minimum absolute atomic E-state index is 0.00735. The maximum absolute atomic E-state index is 13.5. The molecule has 2 aromatic heterocycles. The van der Waals surface area contributed by atoms with E-state index in [1.54, 1.807) is 42.5 Å². The smallest absolute Gasteiger partial charge is 0.296 e. The number of benzene rings is 3. The van der Waals surface area contributed by atoms with Crippen LogP contribution in [0.4, 0.5) is 5.13 Å². The predicted molar refractivity (Wildman–Crippen MR) is 151 cm³/mol. The molecule has 3 aromatic carbocycles. The quantitative estimate of drug-likeness (QED) is 0.201. The van der Waals surface area contributed by atoms with Gasteiger partial charge in [-0.1, -0.05) is 59.3 Å². The van der Waals surface area contributed by atoms with Crippen LogP contribution in [0, 0.1) is 0 Å². The number of aliphatic hydroxyl groups excluding tert-OH is 1. The van der Waals surface area contributed by atoms with Crippen LogP contribution in [0.2, 0.25) is 5.02 Å². The molecule has 0 aliphatic carbocycles. The predicted octanol–water partition coefficient (Wildman–Crippen LogP) is 6.91. The van der Waals surface area contributed by atoms with E-state index >= 15 is 0 Å². The van der Waals surface area contributed by atoms with Crippen molar-refractivity contribution < 1.29 is 28.6 Å². The van der Waals surface area contributed by atoms with Gasteiger partial charge in [-0.05, 0) is 53.6 Å². The molecule has 1 N–H and O–H groups in total. The van der Waals surface area contributed by atoms with E-state index in [1.165, 1.54) is 35.7 Å². The third-order valence-corrected chi connectivity index (χ3v) is 7.74. The second kappa shape index (κ2) is 10.5. The highest BCUT2D eigenvalue weighted by atomic mass is 35.5. The number of amides is 1. The molecule has 1 atom stereocenters. The number of ketones is 1. The van der Waals surface area contributed by atoms with Crippen LogP contribution in [0.25, 0.3) is 10.2 Å². The van der Waals surface area contributed by atoms with Gasteiger partial charge in [0.25, 0.3) is 5.91 Å². The Kier molecular flexibility index (Phi) is 6.75. The molecule has 0 saturated heterocycles. The highest BCUT2D eigenvalue weighted by Crippen LogP contribution is 2.46. The highest BCUT2D eigenvalue weighted by molar-refractivity contribution is 7.22. The summed E-state index contributed by atoms with van der Waals surface area (Å²) in [5.41, 5.74) is 1.99. The van der Waals surface area contributed by atoms with E-state index in [9.17, 15) is 14.7 Å². The van der Waals surface area contributed by atoms with Crippen molar-refractivity contribution in [3.05, 3.63) is 118 Å². The van der Waals surface area contributed by atoms with Gasteiger partial charge in [0.05, 0.1) is 35.2 Å². The first kappa shape index (κ1) is 25.7. The summed E-state index contributed by atoms with van der Waals surface area (Å²) in [6, 6.07) is 22.0. The van der Waals surface area contributed by atoms with Gasteiger partial charge in [-0.25, -0.2) is 4.98 Å². The minimum atomic E-state index is -1.02. The van der Waals surface area contributed by atoms with Crippen molar-refractivity contribution in [2.24, 2.45) is 0 Å². The molecule has 1 aliphatic heterocycles. The lowest BCUT2D eigenvalue weighted by molar-refractivity contribution is -0.117. The molecule has 6 rings (SSSR count). The van der Waals surface area contributed by atoms with E-state index in [4.69, 9.17) is 25.5 Å². The Labute approximate surface area is 237 Å². The molecule has 8 nitrogen and oxygen atoms in total. The number of carbonyl (C=O) groups excluding carboxylic acids is 2. The lowest BCUT2D eigenvalue weighted by atomic mass is 9.95. The van der Waals surface area contributed by atoms with Gasteiger partial charge in [0.2, 0.25) is 5.78 Å². The number of halogens is 1. The first-order valence-electron chi connectivity index (χ1n) is 12.2. The number of rotatable bonds is 8. The summed E-state index contributed by atoms with van der Waals surface area (Å²) in [6.45, 7) is 0.321. The van der Waals surface area contributed by atoms with E-state index in [-0.39, 0.29) is 11.3 Å². The monoisotopic (exact) mass is 572 g/mol. The molecule has 0 bridgehead atoms. The number of thiazole rings is 1. The van der Waals surface area contributed by atoms with Crippen molar-refractivity contribution in [3.8, 4) is 11.5 Å². The average Bonchev–Trinajstić information content (AvgIpc) is 3.71. The second-order valence-electron chi connectivity index (χ2n) is 8.94. The van der Waals surface area contributed by atoms with Crippen LogP contribution < -0.4 is 14.4 Å². The zero-order chi connectivity index (χ0) is 27.8. The van der Waals surface area contributed by atoms with Gasteiger partial charge in [0, 0.05) is 5.02 Å². The van der Waals surface area contributed by atoms with Gasteiger partial charge in [0.1, 0.15) is 6.61 Å². The Morgan fingerprint density at radius 2 is 1.90 bits per heavy atom. The molecular formula is C30H21ClN2O6S. The van der Waals surface area contributed by atoms with Gasteiger partial charge in [-0.2, -0.15) is 0 Å². The van der Waals surface area contributed by atoms with E-state index in [2.05, 4.69) is 4.98 Å².